The van der Waals surface area contributed by atoms with E-state index in [1.807, 2.05) is 0 Å². The van der Waals surface area contributed by atoms with E-state index in [4.69, 9.17) is 0 Å². The predicted molar refractivity (Wildman–Crippen MR) is 59.2 cm³/mol. The predicted octanol–water partition coefficient (Wildman–Crippen LogP) is 3.60. The van der Waals surface area contributed by atoms with Crippen molar-refractivity contribution in [3.8, 4) is 0 Å². The van der Waals surface area contributed by atoms with Gasteiger partial charge in [0.05, 0.1) is 0 Å². The third-order valence-corrected chi connectivity index (χ3v) is 2.15. The molecule has 0 aromatic heterocycles. The van der Waals surface area contributed by atoms with Crippen LogP contribution in [0.25, 0.3) is 0 Å². The van der Waals surface area contributed by atoms with Crippen LogP contribution in [0.3, 0.4) is 0 Å². The van der Waals surface area contributed by atoms with Crippen LogP contribution in [0, 0.1) is 6.92 Å². The van der Waals surface area contributed by atoms with E-state index in [2.05, 4.69) is 50.4 Å². The first kappa shape index (κ1) is 10.1. The van der Waals surface area contributed by atoms with Gasteiger partial charge in [0, 0.05) is 11.7 Å². The number of hydrogen-bond acceptors (Lipinski definition) is 1. The molecule has 0 aliphatic carbocycles. The zero-order valence-corrected chi connectivity index (χ0v) is 8.80. The Bertz CT molecular complexity index is 255. The SMILES string of the molecule is CCC[C@@H](C)Nc1cccc(C)c1. The van der Waals surface area contributed by atoms with Gasteiger partial charge in [0.2, 0.25) is 0 Å². The van der Waals surface area contributed by atoms with Crippen LogP contribution in [0.5, 0.6) is 0 Å². The normalized spacial score (nSPS) is 12.5. The van der Waals surface area contributed by atoms with Crippen LogP contribution < -0.4 is 5.32 Å². The Kier molecular flexibility index (Phi) is 3.81. The minimum Gasteiger partial charge on any atom is -0.383 e. The molecule has 0 spiro atoms. The topological polar surface area (TPSA) is 12.0 Å². The van der Waals surface area contributed by atoms with Crippen molar-refractivity contribution >= 4 is 5.69 Å². The monoisotopic (exact) mass is 177 g/mol. The molecule has 0 saturated heterocycles. The zero-order chi connectivity index (χ0) is 9.68. The second-order valence-corrected chi connectivity index (χ2v) is 3.70. The molecule has 0 heterocycles. The Hall–Kier alpha value is -0.980. The molecule has 72 valence electrons. The summed E-state index contributed by atoms with van der Waals surface area (Å²) in [5, 5.41) is 3.48. The maximum atomic E-state index is 3.48. The fourth-order valence-electron chi connectivity index (χ4n) is 1.52. The molecule has 0 amide bonds. The summed E-state index contributed by atoms with van der Waals surface area (Å²) in [5.74, 6) is 0. The van der Waals surface area contributed by atoms with Crippen molar-refractivity contribution in [1.82, 2.24) is 0 Å². The van der Waals surface area contributed by atoms with Crippen LogP contribution in [0.15, 0.2) is 24.3 Å². The molecule has 0 saturated carbocycles. The van der Waals surface area contributed by atoms with Gasteiger partial charge in [-0.05, 0) is 38.0 Å². The zero-order valence-electron chi connectivity index (χ0n) is 8.80. The molecule has 1 heteroatoms. The summed E-state index contributed by atoms with van der Waals surface area (Å²) in [6.07, 6.45) is 2.47. The molecule has 13 heavy (non-hydrogen) atoms. The van der Waals surface area contributed by atoms with Crippen molar-refractivity contribution in [2.45, 2.75) is 39.7 Å². The van der Waals surface area contributed by atoms with E-state index in [9.17, 15) is 0 Å². The van der Waals surface area contributed by atoms with Crippen molar-refractivity contribution < 1.29 is 0 Å². The average molecular weight is 177 g/mol. The molecule has 1 rings (SSSR count). The molecule has 1 nitrogen and oxygen atoms in total. The maximum absolute atomic E-state index is 3.48. The van der Waals surface area contributed by atoms with E-state index >= 15 is 0 Å². The fourth-order valence-corrected chi connectivity index (χ4v) is 1.52. The molecule has 0 bridgehead atoms. The lowest BCUT2D eigenvalue weighted by molar-refractivity contribution is 0.690. The molecule has 0 fully saturated rings. The van der Waals surface area contributed by atoms with E-state index < -0.39 is 0 Å². The van der Waals surface area contributed by atoms with Crippen molar-refractivity contribution in [2.75, 3.05) is 5.32 Å². The van der Waals surface area contributed by atoms with Gasteiger partial charge in [0.25, 0.3) is 0 Å². The lowest BCUT2D eigenvalue weighted by Gasteiger charge is -2.14. The van der Waals surface area contributed by atoms with Crippen LogP contribution >= 0.6 is 0 Å². The third kappa shape index (κ3) is 3.49. The van der Waals surface area contributed by atoms with E-state index in [-0.39, 0.29) is 0 Å². The Morgan fingerprint density at radius 2 is 2.15 bits per heavy atom. The highest BCUT2D eigenvalue weighted by Crippen LogP contribution is 2.12. The van der Waals surface area contributed by atoms with Crippen molar-refractivity contribution in [2.24, 2.45) is 0 Å². The molecule has 0 aliphatic heterocycles. The summed E-state index contributed by atoms with van der Waals surface area (Å²) in [6, 6.07) is 9.10. The van der Waals surface area contributed by atoms with Crippen molar-refractivity contribution in [1.29, 1.82) is 0 Å². The van der Waals surface area contributed by atoms with Gasteiger partial charge in [-0.15, -0.1) is 0 Å². The first-order chi connectivity index (χ1) is 6.22. The molecule has 1 aromatic carbocycles. The number of benzene rings is 1. The number of rotatable bonds is 4. The van der Waals surface area contributed by atoms with Crippen LogP contribution in [0.2, 0.25) is 0 Å². The smallest absolute Gasteiger partial charge is 0.0344 e. The first-order valence-electron chi connectivity index (χ1n) is 5.05. The molecule has 1 atom stereocenters. The summed E-state index contributed by atoms with van der Waals surface area (Å²) in [5.41, 5.74) is 2.55. The molecule has 0 aliphatic rings. The van der Waals surface area contributed by atoms with Gasteiger partial charge in [-0.1, -0.05) is 25.5 Å². The van der Waals surface area contributed by atoms with Crippen molar-refractivity contribution in [3.05, 3.63) is 29.8 Å². The molecule has 0 radical (unpaired) electrons. The average Bonchev–Trinajstić information content (AvgIpc) is 2.04. The number of hydrogen-bond donors (Lipinski definition) is 1. The van der Waals surface area contributed by atoms with E-state index in [0.29, 0.717) is 6.04 Å². The van der Waals surface area contributed by atoms with Gasteiger partial charge in [-0.2, -0.15) is 0 Å². The molecule has 1 aromatic rings. The summed E-state index contributed by atoms with van der Waals surface area (Å²) in [7, 11) is 0. The lowest BCUT2D eigenvalue weighted by atomic mass is 10.1. The van der Waals surface area contributed by atoms with Gasteiger partial charge < -0.3 is 5.32 Å². The fraction of sp³-hybridized carbons (Fsp3) is 0.500. The molecular formula is C12H19N. The Morgan fingerprint density at radius 3 is 2.77 bits per heavy atom. The minimum atomic E-state index is 0.576. The number of aryl methyl sites for hydroxylation is 1. The van der Waals surface area contributed by atoms with Crippen LogP contribution in [0.1, 0.15) is 32.3 Å². The minimum absolute atomic E-state index is 0.576. The van der Waals surface area contributed by atoms with Crippen LogP contribution in [-0.4, -0.2) is 6.04 Å². The standard InChI is InChI=1S/C12H19N/c1-4-6-11(3)13-12-8-5-7-10(2)9-12/h5,7-9,11,13H,4,6H2,1-3H3/t11-/m1/s1. The molecule has 1 N–H and O–H groups in total. The summed E-state index contributed by atoms with van der Waals surface area (Å²) in [6.45, 7) is 6.57. The highest BCUT2D eigenvalue weighted by Gasteiger charge is 1.99. The first-order valence-corrected chi connectivity index (χ1v) is 5.05. The van der Waals surface area contributed by atoms with Gasteiger partial charge in [0.1, 0.15) is 0 Å². The third-order valence-electron chi connectivity index (χ3n) is 2.15. The van der Waals surface area contributed by atoms with E-state index in [1.165, 1.54) is 24.1 Å². The summed E-state index contributed by atoms with van der Waals surface area (Å²) < 4.78 is 0. The van der Waals surface area contributed by atoms with Crippen LogP contribution in [0.4, 0.5) is 5.69 Å². The van der Waals surface area contributed by atoms with Gasteiger partial charge in [0.15, 0.2) is 0 Å². The summed E-state index contributed by atoms with van der Waals surface area (Å²) >= 11 is 0. The molecule has 0 unspecified atom stereocenters. The van der Waals surface area contributed by atoms with E-state index in [1.54, 1.807) is 0 Å². The van der Waals surface area contributed by atoms with Gasteiger partial charge in [-0.25, -0.2) is 0 Å². The number of anilines is 1. The Labute approximate surface area is 81.2 Å². The Balaban J connectivity index is 2.53. The quantitative estimate of drug-likeness (QED) is 0.741. The van der Waals surface area contributed by atoms with Crippen molar-refractivity contribution in [3.63, 3.8) is 0 Å². The highest BCUT2D eigenvalue weighted by atomic mass is 14.9. The van der Waals surface area contributed by atoms with Gasteiger partial charge in [-0.3, -0.25) is 0 Å². The van der Waals surface area contributed by atoms with Crippen LogP contribution in [-0.2, 0) is 0 Å². The second kappa shape index (κ2) is 4.90. The summed E-state index contributed by atoms with van der Waals surface area (Å²) in [4.78, 5) is 0. The van der Waals surface area contributed by atoms with Gasteiger partial charge >= 0.3 is 0 Å². The highest BCUT2D eigenvalue weighted by molar-refractivity contribution is 5.45. The molecular weight excluding hydrogens is 158 g/mol. The van der Waals surface area contributed by atoms with E-state index in [0.717, 1.165) is 0 Å². The Morgan fingerprint density at radius 1 is 1.38 bits per heavy atom. The largest absolute Gasteiger partial charge is 0.383 e. The lowest BCUT2D eigenvalue weighted by Crippen LogP contribution is -2.14. The second-order valence-electron chi connectivity index (χ2n) is 3.70. The number of nitrogens with one attached hydrogen (secondary N) is 1. The maximum Gasteiger partial charge on any atom is 0.0344 e.